The number of pyridine rings is 1. The summed E-state index contributed by atoms with van der Waals surface area (Å²) in [6.45, 7) is 1.75. The maximum absolute atomic E-state index is 12.2. The Morgan fingerprint density at radius 1 is 1.00 bits per heavy atom. The molecule has 0 saturated carbocycles. The molecule has 0 bridgehead atoms. The maximum Gasteiger partial charge on any atom is 0.354 e. The van der Waals surface area contributed by atoms with Crippen LogP contribution in [-0.4, -0.2) is 48.2 Å². The third kappa shape index (κ3) is 2.32. The minimum Gasteiger partial charge on any atom is -0.494 e. The Morgan fingerprint density at radius 2 is 1.67 bits per heavy atom. The van der Waals surface area contributed by atoms with Gasteiger partial charge in [-0.25, -0.2) is 19.6 Å². The number of H-pyrrole nitrogens is 1. The highest BCUT2D eigenvalue weighted by Gasteiger charge is 2.22. The number of methoxy groups -OCH3 is 3. The molecule has 8 nitrogen and oxygen atoms in total. The van der Waals surface area contributed by atoms with Crippen molar-refractivity contribution < 1.29 is 23.8 Å². The number of carbonyl (C=O) groups excluding carboxylic acids is 2. The number of ether oxygens (including phenoxy) is 3. The van der Waals surface area contributed by atoms with Gasteiger partial charge in [0.2, 0.25) is 0 Å². The molecule has 0 spiro atoms. The lowest BCUT2D eigenvalue weighted by molar-refractivity contribution is 0.0594. The fraction of sp³-hybridized carbons (Fsp3) is 0.250. The average molecular weight is 329 g/mol. The van der Waals surface area contributed by atoms with Gasteiger partial charge in [0.05, 0.1) is 32.4 Å². The van der Waals surface area contributed by atoms with Gasteiger partial charge in [-0.2, -0.15) is 0 Å². The highest BCUT2D eigenvalue weighted by Crippen LogP contribution is 2.33. The van der Waals surface area contributed by atoms with Gasteiger partial charge in [0.1, 0.15) is 28.3 Å². The van der Waals surface area contributed by atoms with Crippen LogP contribution in [0.5, 0.6) is 5.75 Å². The topological polar surface area (TPSA) is 103 Å². The molecule has 0 aliphatic rings. The second kappa shape index (κ2) is 5.80. The first-order valence-corrected chi connectivity index (χ1v) is 7.04. The van der Waals surface area contributed by atoms with Crippen molar-refractivity contribution in [2.45, 2.75) is 6.92 Å². The molecule has 1 N–H and O–H groups in total. The number of nitrogens with one attached hydrogen (secondary N) is 1. The molecule has 0 saturated heterocycles. The lowest BCUT2D eigenvalue weighted by atomic mass is 10.1. The van der Waals surface area contributed by atoms with Crippen molar-refractivity contribution in [2.24, 2.45) is 0 Å². The fourth-order valence-electron chi connectivity index (χ4n) is 2.62. The Morgan fingerprint density at radius 3 is 2.29 bits per heavy atom. The normalized spacial score (nSPS) is 10.8. The molecular weight excluding hydrogens is 314 g/mol. The summed E-state index contributed by atoms with van der Waals surface area (Å²) in [5.74, 6) is -0.173. The molecule has 0 amide bonds. The zero-order valence-electron chi connectivity index (χ0n) is 13.6. The minimum absolute atomic E-state index is 0.114. The van der Waals surface area contributed by atoms with Crippen LogP contribution in [0.25, 0.3) is 21.9 Å². The van der Waals surface area contributed by atoms with Crippen LogP contribution in [0.3, 0.4) is 0 Å². The van der Waals surface area contributed by atoms with Crippen LogP contribution >= 0.6 is 0 Å². The Kier molecular flexibility index (Phi) is 3.80. The zero-order chi connectivity index (χ0) is 17.4. The summed E-state index contributed by atoms with van der Waals surface area (Å²) in [6.07, 6.45) is 0. The van der Waals surface area contributed by atoms with E-state index < -0.39 is 11.9 Å². The molecule has 2 heterocycles. The molecule has 0 aliphatic heterocycles. The van der Waals surface area contributed by atoms with E-state index in [4.69, 9.17) is 14.2 Å². The quantitative estimate of drug-likeness (QED) is 0.733. The summed E-state index contributed by atoms with van der Waals surface area (Å²) >= 11 is 0. The van der Waals surface area contributed by atoms with Crippen LogP contribution in [-0.2, 0) is 9.47 Å². The molecule has 0 atom stereocenters. The highest BCUT2D eigenvalue weighted by atomic mass is 16.5. The van der Waals surface area contributed by atoms with Crippen molar-refractivity contribution in [3.05, 3.63) is 29.2 Å². The molecule has 3 aromatic rings. The molecule has 8 heteroatoms. The van der Waals surface area contributed by atoms with Gasteiger partial charge in [-0.1, -0.05) is 0 Å². The van der Waals surface area contributed by atoms with Gasteiger partial charge < -0.3 is 19.2 Å². The van der Waals surface area contributed by atoms with E-state index in [0.717, 1.165) is 0 Å². The lowest BCUT2D eigenvalue weighted by Crippen LogP contribution is -2.10. The molecule has 1 aromatic carbocycles. The summed E-state index contributed by atoms with van der Waals surface area (Å²) in [4.78, 5) is 35.8. The van der Waals surface area contributed by atoms with Gasteiger partial charge in [0.25, 0.3) is 0 Å². The Bertz CT molecular complexity index is 977. The van der Waals surface area contributed by atoms with E-state index in [1.165, 1.54) is 27.4 Å². The first-order valence-electron chi connectivity index (χ1n) is 7.04. The number of hydrogen-bond acceptors (Lipinski definition) is 7. The second-order valence-electron chi connectivity index (χ2n) is 5.05. The number of aryl methyl sites for hydroxylation is 1. The first-order chi connectivity index (χ1) is 11.5. The molecule has 0 unspecified atom stereocenters. The summed E-state index contributed by atoms with van der Waals surface area (Å²) in [5, 5.41) is 0.505. The van der Waals surface area contributed by atoms with Crippen LogP contribution in [0.1, 0.15) is 26.7 Å². The number of imidazole rings is 1. The fourth-order valence-corrected chi connectivity index (χ4v) is 2.62. The Labute approximate surface area is 136 Å². The van der Waals surface area contributed by atoms with Crippen molar-refractivity contribution in [1.29, 1.82) is 0 Å². The summed E-state index contributed by atoms with van der Waals surface area (Å²) in [6, 6.07) is 3.04. The van der Waals surface area contributed by atoms with E-state index in [1.807, 2.05) is 0 Å². The third-order valence-corrected chi connectivity index (χ3v) is 3.64. The number of esters is 2. The van der Waals surface area contributed by atoms with Gasteiger partial charge in [0.15, 0.2) is 0 Å². The standard InChI is InChI=1S/C16H15N3O5/c1-7-17-13-11(22-2)6-9-12(14(13)18-7)8(15(20)23-3)5-10(19-9)16(21)24-4/h5-6,19H,1-4H3. The van der Waals surface area contributed by atoms with Crippen molar-refractivity contribution in [3.63, 3.8) is 0 Å². The van der Waals surface area contributed by atoms with E-state index in [9.17, 15) is 9.59 Å². The van der Waals surface area contributed by atoms with Crippen molar-refractivity contribution in [1.82, 2.24) is 15.0 Å². The largest absolute Gasteiger partial charge is 0.494 e. The van der Waals surface area contributed by atoms with Crippen LogP contribution in [0.2, 0.25) is 0 Å². The maximum atomic E-state index is 12.2. The molecular formula is C16H15N3O5. The number of rotatable bonds is 3. The molecule has 0 radical (unpaired) electrons. The van der Waals surface area contributed by atoms with Gasteiger partial charge in [-0.3, -0.25) is 0 Å². The van der Waals surface area contributed by atoms with Crippen LogP contribution < -0.4 is 4.74 Å². The Balaban J connectivity index is 2.49. The molecule has 24 heavy (non-hydrogen) atoms. The van der Waals surface area contributed by atoms with E-state index in [0.29, 0.717) is 33.5 Å². The highest BCUT2D eigenvalue weighted by molar-refractivity contribution is 6.16. The van der Waals surface area contributed by atoms with Gasteiger partial charge in [-0.15, -0.1) is 0 Å². The first kappa shape index (κ1) is 15.7. The molecule has 2 aromatic heterocycles. The van der Waals surface area contributed by atoms with Gasteiger partial charge in [0, 0.05) is 11.5 Å². The minimum atomic E-state index is -0.606. The Hall–Kier alpha value is -3.16. The monoisotopic (exact) mass is 329 g/mol. The summed E-state index contributed by atoms with van der Waals surface area (Å²) in [5.41, 5.74) is 1.83. The van der Waals surface area contributed by atoms with Gasteiger partial charge >= 0.3 is 11.9 Å². The average Bonchev–Trinajstić information content (AvgIpc) is 2.99. The van der Waals surface area contributed by atoms with Gasteiger partial charge in [-0.05, 0) is 13.0 Å². The number of benzene rings is 1. The number of aromatic amines is 1. The SMILES string of the molecule is COC(=O)c1cc(C(=O)OC)c2c(cc(OC)c3nc(C)nc32)[nH]1. The van der Waals surface area contributed by atoms with E-state index in [1.54, 1.807) is 13.0 Å². The third-order valence-electron chi connectivity index (χ3n) is 3.64. The van der Waals surface area contributed by atoms with Crippen molar-refractivity contribution in [3.8, 4) is 5.75 Å². The molecule has 0 aliphatic carbocycles. The summed E-state index contributed by atoms with van der Waals surface area (Å²) in [7, 11) is 4.04. The number of fused-ring (bicyclic) bond motifs is 3. The van der Waals surface area contributed by atoms with E-state index in [2.05, 4.69) is 15.0 Å². The number of nitrogens with zero attached hydrogens (tertiary/aromatic N) is 2. The van der Waals surface area contributed by atoms with E-state index in [-0.39, 0.29) is 11.3 Å². The molecule has 3 rings (SSSR count). The summed E-state index contributed by atoms with van der Waals surface area (Å²) < 4.78 is 14.9. The zero-order valence-corrected chi connectivity index (χ0v) is 13.6. The van der Waals surface area contributed by atoms with Crippen molar-refractivity contribution in [2.75, 3.05) is 21.3 Å². The predicted octanol–water partition coefficient (Wildman–Crippen LogP) is 2.00. The lowest BCUT2D eigenvalue weighted by Gasteiger charge is -2.11. The van der Waals surface area contributed by atoms with Crippen LogP contribution in [0, 0.1) is 6.92 Å². The number of carbonyl (C=O) groups is 2. The van der Waals surface area contributed by atoms with E-state index >= 15 is 0 Å². The van der Waals surface area contributed by atoms with Crippen LogP contribution in [0.15, 0.2) is 12.1 Å². The molecule has 0 fully saturated rings. The smallest absolute Gasteiger partial charge is 0.354 e. The van der Waals surface area contributed by atoms with Crippen LogP contribution in [0.4, 0.5) is 0 Å². The number of hydrogen-bond donors (Lipinski definition) is 1. The number of aromatic nitrogens is 3. The predicted molar refractivity (Wildman–Crippen MR) is 85.4 cm³/mol. The van der Waals surface area contributed by atoms with Crippen molar-refractivity contribution >= 4 is 33.9 Å². The second-order valence-corrected chi connectivity index (χ2v) is 5.05. The molecule has 124 valence electrons.